The fourth-order valence-corrected chi connectivity index (χ4v) is 3.51. The van der Waals surface area contributed by atoms with Crippen molar-refractivity contribution in [3.05, 3.63) is 11.6 Å². The topological polar surface area (TPSA) is 76.1 Å². The van der Waals surface area contributed by atoms with Crippen LogP contribution < -0.4 is 0 Å². The van der Waals surface area contributed by atoms with Crippen LogP contribution >= 0.6 is 0 Å². The van der Waals surface area contributed by atoms with Crippen molar-refractivity contribution in [3.63, 3.8) is 0 Å². The molecule has 6 heteroatoms. The molecule has 22 heavy (non-hydrogen) atoms. The van der Waals surface area contributed by atoms with Gasteiger partial charge in [0.05, 0.1) is 23.5 Å². The van der Waals surface area contributed by atoms with E-state index in [-0.39, 0.29) is 18.8 Å². The van der Waals surface area contributed by atoms with Gasteiger partial charge in [-0.05, 0) is 32.8 Å². The number of esters is 2. The molecule has 0 bridgehead atoms. The van der Waals surface area contributed by atoms with Crippen LogP contribution in [-0.2, 0) is 19.1 Å². The first-order valence-corrected chi connectivity index (χ1v) is 7.85. The first-order chi connectivity index (χ1) is 10.3. The Kier molecular flexibility index (Phi) is 3.77. The van der Waals surface area contributed by atoms with E-state index in [2.05, 4.69) is 4.90 Å². The van der Waals surface area contributed by atoms with Crippen LogP contribution in [0.4, 0.5) is 0 Å². The molecule has 0 amide bonds. The number of aliphatic hydroxyl groups is 1. The fourth-order valence-electron chi connectivity index (χ4n) is 3.51. The summed E-state index contributed by atoms with van der Waals surface area (Å²) < 4.78 is 11.1. The molecule has 5 atom stereocenters. The molecule has 1 N–H and O–H groups in total. The number of carbonyl (C=O) groups is 2. The van der Waals surface area contributed by atoms with Crippen LogP contribution in [0.2, 0.25) is 0 Å². The zero-order chi connectivity index (χ0) is 16.1. The fraction of sp³-hybridized carbons (Fsp3) is 0.750. The van der Waals surface area contributed by atoms with E-state index in [1.807, 2.05) is 6.08 Å². The Morgan fingerprint density at radius 3 is 2.68 bits per heavy atom. The summed E-state index contributed by atoms with van der Waals surface area (Å²) in [4.78, 5) is 26.8. The van der Waals surface area contributed by atoms with E-state index in [0.717, 1.165) is 25.1 Å². The summed E-state index contributed by atoms with van der Waals surface area (Å²) in [6.07, 6.45) is 2.58. The maximum atomic E-state index is 12.4. The largest absolute Gasteiger partial charge is 0.461 e. The molecule has 0 unspecified atom stereocenters. The predicted molar refractivity (Wildman–Crippen MR) is 77.9 cm³/mol. The van der Waals surface area contributed by atoms with Gasteiger partial charge in [-0.3, -0.25) is 14.5 Å². The van der Waals surface area contributed by atoms with Crippen molar-refractivity contribution in [1.82, 2.24) is 4.90 Å². The average molecular weight is 309 g/mol. The van der Waals surface area contributed by atoms with Crippen LogP contribution in [0.15, 0.2) is 11.6 Å². The molecule has 3 rings (SSSR count). The number of hydrogen-bond donors (Lipinski definition) is 1. The summed E-state index contributed by atoms with van der Waals surface area (Å²) in [5.41, 5.74) is -0.509. The molecule has 0 spiro atoms. The summed E-state index contributed by atoms with van der Waals surface area (Å²) in [7, 11) is 0. The molecule has 3 aliphatic heterocycles. The quantitative estimate of drug-likeness (QED) is 0.518. The Morgan fingerprint density at radius 2 is 1.95 bits per heavy atom. The number of carbonyl (C=O) groups excluding carboxylic acids is 2. The number of nitrogens with zero attached hydrogens (tertiary/aromatic N) is 1. The first-order valence-electron chi connectivity index (χ1n) is 7.85. The molecular weight excluding hydrogens is 286 g/mol. The summed E-state index contributed by atoms with van der Waals surface area (Å²) in [5.74, 6) is -2.53. The Bertz CT molecular complexity index is 527. The van der Waals surface area contributed by atoms with Gasteiger partial charge in [-0.15, -0.1) is 0 Å². The van der Waals surface area contributed by atoms with Crippen LogP contribution in [-0.4, -0.2) is 59.4 Å². The number of hydrogen-bond acceptors (Lipinski definition) is 6. The maximum absolute atomic E-state index is 12.4. The minimum atomic E-state index is -1.50. The zero-order valence-electron chi connectivity index (χ0n) is 13.2. The molecule has 0 aromatic carbocycles. The van der Waals surface area contributed by atoms with E-state index in [9.17, 15) is 14.7 Å². The standard InChI is InChI=1S/C16H23NO5/c1-9-14(18)21-8-11-4-6-17-7-5-12(13(11)17)22-15(19)10(2)16(9,3)20/h4,9-10,12-13,20H,5-8H2,1-3H3/t9-,10+,12-,13-,16-/m1/s1. The van der Waals surface area contributed by atoms with Crippen LogP contribution in [0.1, 0.15) is 27.2 Å². The first kappa shape index (κ1) is 15.5. The average Bonchev–Trinajstić information content (AvgIpc) is 3.05. The van der Waals surface area contributed by atoms with Crippen LogP contribution in [0.3, 0.4) is 0 Å². The number of rotatable bonds is 0. The van der Waals surface area contributed by atoms with Gasteiger partial charge in [-0.25, -0.2) is 0 Å². The summed E-state index contributed by atoms with van der Waals surface area (Å²) >= 11 is 0. The van der Waals surface area contributed by atoms with Crippen molar-refractivity contribution in [2.24, 2.45) is 11.8 Å². The summed E-state index contributed by atoms with van der Waals surface area (Å²) in [6, 6.07) is 0.00213. The smallest absolute Gasteiger partial charge is 0.311 e. The van der Waals surface area contributed by atoms with Crippen LogP contribution in [0.25, 0.3) is 0 Å². The van der Waals surface area contributed by atoms with Crippen molar-refractivity contribution >= 4 is 11.9 Å². The highest BCUT2D eigenvalue weighted by Crippen LogP contribution is 2.35. The van der Waals surface area contributed by atoms with Gasteiger partial charge in [0.15, 0.2) is 0 Å². The van der Waals surface area contributed by atoms with Crippen molar-refractivity contribution < 1.29 is 24.2 Å². The zero-order valence-corrected chi connectivity index (χ0v) is 13.2. The van der Waals surface area contributed by atoms with Gasteiger partial charge in [-0.2, -0.15) is 0 Å². The molecule has 0 aromatic heterocycles. The monoisotopic (exact) mass is 309 g/mol. The van der Waals surface area contributed by atoms with Gasteiger partial charge in [0.1, 0.15) is 12.7 Å². The minimum absolute atomic E-state index is 0.00213. The third-order valence-electron chi connectivity index (χ3n) is 5.52. The lowest BCUT2D eigenvalue weighted by atomic mass is 9.80. The van der Waals surface area contributed by atoms with Crippen LogP contribution in [0, 0.1) is 11.8 Å². The molecule has 6 nitrogen and oxygen atoms in total. The summed E-state index contributed by atoms with van der Waals surface area (Å²) in [5, 5.41) is 10.6. The Labute approximate surface area is 130 Å². The molecule has 0 aliphatic carbocycles. The van der Waals surface area contributed by atoms with E-state index in [1.165, 1.54) is 6.92 Å². The lowest BCUT2D eigenvalue weighted by molar-refractivity contribution is -0.171. The van der Waals surface area contributed by atoms with E-state index >= 15 is 0 Å². The molecule has 2 saturated heterocycles. The maximum Gasteiger partial charge on any atom is 0.311 e. The molecule has 0 saturated carbocycles. The second kappa shape index (κ2) is 5.35. The van der Waals surface area contributed by atoms with Crippen LogP contribution in [0.5, 0.6) is 0 Å². The van der Waals surface area contributed by atoms with E-state index in [4.69, 9.17) is 9.47 Å². The lowest BCUT2D eigenvalue weighted by Gasteiger charge is -2.33. The highest BCUT2D eigenvalue weighted by molar-refractivity contribution is 5.78. The highest BCUT2D eigenvalue weighted by Gasteiger charge is 2.48. The molecule has 0 radical (unpaired) electrons. The van der Waals surface area contributed by atoms with Crippen molar-refractivity contribution in [3.8, 4) is 0 Å². The van der Waals surface area contributed by atoms with Gasteiger partial charge < -0.3 is 14.6 Å². The van der Waals surface area contributed by atoms with Gasteiger partial charge in [0.25, 0.3) is 0 Å². The van der Waals surface area contributed by atoms with Gasteiger partial charge in [0, 0.05) is 13.1 Å². The Hall–Kier alpha value is -1.40. The normalized spacial score (nSPS) is 43.0. The SMILES string of the molecule is C[C@@H]1C(=O)OCC2=CCN3CC[C@@H](OC(=O)[C@H](C)[C@]1(C)O)[C@@H]23. The third-order valence-corrected chi connectivity index (χ3v) is 5.52. The Balaban J connectivity index is 1.92. The second-order valence-corrected chi connectivity index (χ2v) is 6.76. The third kappa shape index (κ3) is 2.34. The second-order valence-electron chi connectivity index (χ2n) is 6.76. The predicted octanol–water partition coefficient (Wildman–Crippen LogP) is 0.492. The molecule has 3 heterocycles. The van der Waals surface area contributed by atoms with Crippen molar-refractivity contribution in [2.75, 3.05) is 19.7 Å². The lowest BCUT2D eigenvalue weighted by Crippen LogP contribution is -2.48. The Morgan fingerprint density at radius 1 is 1.27 bits per heavy atom. The van der Waals surface area contributed by atoms with E-state index in [0.29, 0.717) is 0 Å². The van der Waals surface area contributed by atoms with Gasteiger partial charge in [-0.1, -0.05) is 6.08 Å². The number of ether oxygens (including phenoxy) is 2. The highest BCUT2D eigenvalue weighted by atomic mass is 16.6. The van der Waals surface area contributed by atoms with Gasteiger partial charge >= 0.3 is 11.9 Å². The molecule has 0 aromatic rings. The van der Waals surface area contributed by atoms with E-state index in [1.54, 1.807) is 13.8 Å². The summed E-state index contributed by atoms with van der Waals surface area (Å²) in [6.45, 7) is 6.53. The number of cyclic esters (lactones) is 1. The minimum Gasteiger partial charge on any atom is -0.461 e. The van der Waals surface area contributed by atoms with E-state index < -0.39 is 29.4 Å². The van der Waals surface area contributed by atoms with Crippen molar-refractivity contribution in [1.29, 1.82) is 0 Å². The van der Waals surface area contributed by atoms with Gasteiger partial charge in [0.2, 0.25) is 0 Å². The molecule has 2 fully saturated rings. The molecular formula is C16H23NO5. The molecule has 3 aliphatic rings. The molecule has 122 valence electrons. The van der Waals surface area contributed by atoms with Crippen molar-refractivity contribution in [2.45, 2.75) is 44.9 Å².